The molecule has 1 aliphatic rings. The van der Waals surface area contributed by atoms with Gasteiger partial charge < -0.3 is 21.2 Å². The monoisotopic (exact) mass is 426 g/mol. The number of amides is 1. The van der Waals surface area contributed by atoms with Crippen molar-refractivity contribution in [1.82, 2.24) is 15.5 Å². The third-order valence-corrected chi connectivity index (χ3v) is 4.89. The fourth-order valence-electron chi connectivity index (χ4n) is 2.94. The molecule has 1 rings (SSSR count). The highest BCUT2D eigenvalue weighted by Crippen LogP contribution is 2.18. The van der Waals surface area contributed by atoms with E-state index in [0.29, 0.717) is 24.9 Å². The maximum Gasteiger partial charge on any atom is 0.237 e. The van der Waals surface area contributed by atoms with E-state index in [9.17, 15) is 19.2 Å². The Kier molecular flexibility index (Phi) is 19.3. The van der Waals surface area contributed by atoms with Gasteiger partial charge >= 0.3 is 0 Å². The zero-order valence-corrected chi connectivity index (χ0v) is 19.4. The molecule has 0 saturated carbocycles. The Morgan fingerprint density at radius 3 is 2.13 bits per heavy atom. The third kappa shape index (κ3) is 14.1. The van der Waals surface area contributed by atoms with Gasteiger partial charge in [0.05, 0.1) is 18.1 Å². The molecule has 174 valence electrons. The molecule has 0 aliphatic carbocycles. The lowest BCUT2D eigenvalue weighted by Crippen LogP contribution is -2.49. The zero-order chi connectivity index (χ0) is 23.5. The Bertz CT molecular complexity index is 507. The maximum absolute atomic E-state index is 12.2. The van der Waals surface area contributed by atoms with Crippen LogP contribution in [0, 0.1) is 5.92 Å². The minimum absolute atomic E-state index is 0.129. The third-order valence-electron chi connectivity index (χ3n) is 4.89. The van der Waals surface area contributed by atoms with E-state index in [4.69, 9.17) is 5.73 Å². The van der Waals surface area contributed by atoms with E-state index in [2.05, 4.69) is 31.1 Å². The van der Waals surface area contributed by atoms with Crippen molar-refractivity contribution >= 4 is 24.3 Å². The lowest BCUT2D eigenvalue weighted by molar-refractivity contribution is -0.134. The molecule has 1 heterocycles. The van der Waals surface area contributed by atoms with Crippen molar-refractivity contribution in [1.29, 1.82) is 0 Å². The van der Waals surface area contributed by atoms with Crippen LogP contribution in [0.25, 0.3) is 0 Å². The predicted octanol–water partition coefficient (Wildman–Crippen LogP) is 1.08. The van der Waals surface area contributed by atoms with Gasteiger partial charge in [0.1, 0.15) is 6.29 Å². The van der Waals surface area contributed by atoms with E-state index < -0.39 is 11.8 Å². The Morgan fingerprint density at radius 2 is 1.83 bits per heavy atom. The van der Waals surface area contributed by atoms with Gasteiger partial charge in [-0.3, -0.25) is 19.3 Å². The summed E-state index contributed by atoms with van der Waals surface area (Å²) in [7, 11) is 3.80. The number of nitrogens with one attached hydrogen (secondary N) is 2. The van der Waals surface area contributed by atoms with Crippen LogP contribution in [0.3, 0.4) is 0 Å². The normalized spacial score (nSPS) is 17.5. The summed E-state index contributed by atoms with van der Waals surface area (Å²) in [4.78, 5) is 46.1. The number of ketones is 1. The number of nitrogens with zero attached hydrogens (tertiary/aromatic N) is 1. The molecule has 0 radical (unpaired) electrons. The summed E-state index contributed by atoms with van der Waals surface area (Å²) in [5.41, 5.74) is 4.92. The summed E-state index contributed by atoms with van der Waals surface area (Å²) in [6.07, 6.45) is 7.08. The lowest BCUT2D eigenvalue weighted by atomic mass is 9.93. The molecule has 3 atom stereocenters. The first-order valence-corrected chi connectivity index (χ1v) is 10.7. The number of carbonyl (C=O) groups excluding carboxylic acids is 4. The van der Waals surface area contributed by atoms with Gasteiger partial charge in [0.15, 0.2) is 6.29 Å². The minimum Gasteiger partial charge on any atom is -0.344 e. The van der Waals surface area contributed by atoms with Crippen LogP contribution < -0.4 is 16.4 Å². The summed E-state index contributed by atoms with van der Waals surface area (Å²) in [6.45, 7) is 11.0. The fraction of sp³-hybridized carbons (Fsp3) is 0.727. The molecule has 0 aromatic carbocycles. The standard InChI is InChI=1S/C15H26N2O3.C4H9N.C3H7NO/c1-4-11(5-2)9-12(14(19)10-18)16-15(20)13-7-6-8-17(13)3;1-3-4-5-2;1-3(4)2-5/h10-13H,4-9H2,1-3H3,(H,16,20);3,5H,1,4H2,2H3;2-3H,4H2,1H3. The molecule has 1 aliphatic heterocycles. The van der Waals surface area contributed by atoms with E-state index in [1.165, 1.54) is 0 Å². The van der Waals surface area contributed by atoms with E-state index in [-0.39, 0.29) is 18.0 Å². The molecule has 0 aromatic rings. The highest BCUT2D eigenvalue weighted by molar-refractivity contribution is 6.28. The van der Waals surface area contributed by atoms with Gasteiger partial charge in [-0.25, -0.2) is 0 Å². The van der Waals surface area contributed by atoms with Crippen molar-refractivity contribution in [2.24, 2.45) is 11.7 Å². The Labute approximate surface area is 182 Å². The molecule has 0 aromatic heterocycles. The molecule has 0 spiro atoms. The topological polar surface area (TPSA) is 122 Å². The second-order valence-corrected chi connectivity index (χ2v) is 7.48. The molecular weight excluding hydrogens is 384 g/mol. The van der Waals surface area contributed by atoms with Crippen LogP contribution in [-0.4, -0.2) is 74.5 Å². The largest absolute Gasteiger partial charge is 0.344 e. The average Bonchev–Trinajstić information content (AvgIpc) is 3.17. The summed E-state index contributed by atoms with van der Waals surface area (Å²) in [5.74, 6) is -0.299. The molecule has 3 unspecified atom stereocenters. The van der Waals surface area contributed by atoms with Gasteiger partial charge in [0.25, 0.3) is 0 Å². The van der Waals surface area contributed by atoms with Crippen LogP contribution in [-0.2, 0) is 19.2 Å². The molecule has 8 nitrogen and oxygen atoms in total. The first-order chi connectivity index (χ1) is 14.2. The van der Waals surface area contributed by atoms with Crippen LogP contribution in [0.1, 0.15) is 52.9 Å². The number of aldehydes is 2. The number of hydrogen-bond acceptors (Lipinski definition) is 7. The van der Waals surface area contributed by atoms with E-state index in [1.807, 2.05) is 25.1 Å². The Hall–Kier alpha value is -1.90. The Morgan fingerprint density at radius 1 is 1.27 bits per heavy atom. The van der Waals surface area contributed by atoms with Crippen molar-refractivity contribution < 1.29 is 19.2 Å². The number of likely N-dealkylation sites (tertiary alicyclic amines) is 1. The van der Waals surface area contributed by atoms with Gasteiger partial charge in [-0.2, -0.15) is 0 Å². The molecule has 4 N–H and O–H groups in total. The first kappa shape index (κ1) is 30.3. The molecule has 30 heavy (non-hydrogen) atoms. The summed E-state index contributed by atoms with van der Waals surface area (Å²) >= 11 is 0. The fourth-order valence-corrected chi connectivity index (χ4v) is 2.94. The number of nitrogens with two attached hydrogens (primary N) is 1. The van der Waals surface area contributed by atoms with E-state index in [0.717, 1.165) is 38.8 Å². The second kappa shape index (κ2) is 19.1. The van der Waals surface area contributed by atoms with Crippen molar-refractivity contribution in [3.05, 3.63) is 12.7 Å². The highest BCUT2D eigenvalue weighted by atomic mass is 16.2. The van der Waals surface area contributed by atoms with Gasteiger partial charge in [0.2, 0.25) is 11.7 Å². The molecule has 1 amide bonds. The van der Waals surface area contributed by atoms with E-state index >= 15 is 0 Å². The van der Waals surface area contributed by atoms with E-state index in [1.54, 1.807) is 6.92 Å². The number of rotatable bonds is 11. The first-order valence-electron chi connectivity index (χ1n) is 10.7. The summed E-state index contributed by atoms with van der Waals surface area (Å²) < 4.78 is 0. The van der Waals surface area contributed by atoms with Crippen molar-refractivity contribution in [2.45, 2.75) is 71.0 Å². The number of Topliss-reactive ketones (excluding diaryl/α,β-unsaturated/α-hetero) is 1. The lowest BCUT2D eigenvalue weighted by Gasteiger charge is -2.24. The van der Waals surface area contributed by atoms with Gasteiger partial charge in [-0.05, 0) is 52.7 Å². The number of likely N-dealkylation sites (N-methyl/N-ethyl adjacent to an activating group) is 2. The number of carbonyl (C=O) groups is 4. The predicted molar refractivity (Wildman–Crippen MR) is 121 cm³/mol. The van der Waals surface area contributed by atoms with Gasteiger partial charge in [0, 0.05) is 6.54 Å². The summed E-state index contributed by atoms with van der Waals surface area (Å²) in [5, 5.41) is 5.68. The van der Waals surface area contributed by atoms with Crippen LogP contribution in [0.2, 0.25) is 0 Å². The molecule has 1 saturated heterocycles. The molecule has 8 heteroatoms. The SMILES string of the molecule is C=CCNC.CC(N)C=O.CCC(CC)CC(NC(=O)C1CCCN1C)C(=O)C=O. The highest BCUT2D eigenvalue weighted by Gasteiger charge is 2.31. The average molecular weight is 427 g/mol. The van der Waals surface area contributed by atoms with Gasteiger partial charge in [-0.15, -0.1) is 6.58 Å². The molecule has 1 fully saturated rings. The zero-order valence-electron chi connectivity index (χ0n) is 19.4. The van der Waals surface area contributed by atoms with Crippen LogP contribution >= 0.6 is 0 Å². The van der Waals surface area contributed by atoms with Crippen LogP contribution in [0.4, 0.5) is 0 Å². The van der Waals surface area contributed by atoms with Crippen molar-refractivity contribution in [2.75, 3.05) is 27.2 Å². The van der Waals surface area contributed by atoms with Crippen LogP contribution in [0.5, 0.6) is 0 Å². The van der Waals surface area contributed by atoms with Crippen molar-refractivity contribution in [3.63, 3.8) is 0 Å². The quantitative estimate of drug-likeness (QED) is 0.257. The number of hydrogen-bond donors (Lipinski definition) is 3. The maximum atomic E-state index is 12.2. The Balaban J connectivity index is 0. The molecule has 0 bridgehead atoms. The second-order valence-electron chi connectivity index (χ2n) is 7.48. The minimum atomic E-state index is -0.668. The van der Waals surface area contributed by atoms with Crippen LogP contribution in [0.15, 0.2) is 12.7 Å². The van der Waals surface area contributed by atoms with Gasteiger partial charge in [-0.1, -0.05) is 32.8 Å². The van der Waals surface area contributed by atoms with Crippen molar-refractivity contribution in [3.8, 4) is 0 Å². The smallest absolute Gasteiger partial charge is 0.237 e. The summed E-state index contributed by atoms with van der Waals surface area (Å²) in [6, 6.07) is -1.13. The molecular formula is C22H42N4O4.